The molecular formula is C22H36O5. The summed E-state index contributed by atoms with van der Waals surface area (Å²) in [6.45, 7) is 4.32. The van der Waals surface area contributed by atoms with Crippen molar-refractivity contribution in [2.45, 2.75) is 90.6 Å². The fourth-order valence-electron chi connectivity index (χ4n) is 3.66. The number of ether oxygens (including phenoxy) is 1. The molecule has 1 saturated carbocycles. The Labute approximate surface area is 163 Å². The molecule has 3 atom stereocenters. The van der Waals surface area contributed by atoms with E-state index in [9.17, 15) is 19.5 Å². The molecule has 0 aromatic rings. The molecule has 1 aliphatic rings. The number of unbranched alkanes of at least 4 members (excludes halogenated alkanes) is 5. The summed E-state index contributed by atoms with van der Waals surface area (Å²) < 4.78 is 4.90. The van der Waals surface area contributed by atoms with Crippen molar-refractivity contribution >= 4 is 17.5 Å². The SMILES string of the molecule is CCCCCC(=O)C=CC1C(O)CC(=O)C1CCCCCCC(=O)OCC. The van der Waals surface area contributed by atoms with Gasteiger partial charge in [0, 0.05) is 31.1 Å². The summed E-state index contributed by atoms with van der Waals surface area (Å²) in [6, 6.07) is 0. The van der Waals surface area contributed by atoms with Gasteiger partial charge in [-0.15, -0.1) is 0 Å². The zero-order valence-corrected chi connectivity index (χ0v) is 17.0. The predicted octanol–water partition coefficient (Wildman–Crippen LogP) is 4.16. The molecule has 0 bridgehead atoms. The molecule has 3 unspecified atom stereocenters. The minimum atomic E-state index is -0.675. The van der Waals surface area contributed by atoms with Crippen molar-refractivity contribution in [2.24, 2.45) is 11.8 Å². The molecule has 0 amide bonds. The van der Waals surface area contributed by atoms with E-state index in [1.165, 1.54) is 0 Å². The highest BCUT2D eigenvalue weighted by Gasteiger charge is 2.39. The van der Waals surface area contributed by atoms with Gasteiger partial charge in [-0.25, -0.2) is 0 Å². The molecule has 1 rings (SSSR count). The standard InChI is InChI=1S/C22H36O5/c1-3-5-8-11-17(23)14-15-19-18(20(24)16-21(19)25)12-9-6-7-10-13-22(26)27-4-2/h14-15,18-19,21,25H,3-13,16H2,1-2H3. The van der Waals surface area contributed by atoms with E-state index in [2.05, 4.69) is 6.92 Å². The number of allylic oxidation sites excluding steroid dienone is 1. The van der Waals surface area contributed by atoms with Gasteiger partial charge in [0.2, 0.25) is 0 Å². The second-order valence-corrected chi connectivity index (χ2v) is 7.46. The number of ketones is 2. The third-order valence-electron chi connectivity index (χ3n) is 5.22. The maximum absolute atomic E-state index is 12.2. The van der Waals surface area contributed by atoms with Crippen LogP contribution in [0.15, 0.2) is 12.2 Å². The molecule has 0 spiro atoms. The highest BCUT2D eigenvalue weighted by atomic mass is 16.5. The number of hydrogen-bond donors (Lipinski definition) is 1. The van der Waals surface area contributed by atoms with Gasteiger partial charge in [0.25, 0.3) is 0 Å². The van der Waals surface area contributed by atoms with E-state index in [0.29, 0.717) is 19.4 Å². The quantitative estimate of drug-likeness (QED) is 0.278. The summed E-state index contributed by atoms with van der Waals surface area (Å²) in [5.41, 5.74) is 0. The molecule has 27 heavy (non-hydrogen) atoms. The van der Waals surface area contributed by atoms with E-state index < -0.39 is 6.10 Å². The number of aliphatic hydroxyl groups is 1. The van der Waals surface area contributed by atoms with Crippen molar-refractivity contribution in [3.8, 4) is 0 Å². The van der Waals surface area contributed by atoms with E-state index in [-0.39, 0.29) is 35.8 Å². The summed E-state index contributed by atoms with van der Waals surface area (Å²) in [5.74, 6) is -0.410. The highest BCUT2D eigenvalue weighted by molar-refractivity contribution is 5.90. The van der Waals surface area contributed by atoms with Gasteiger partial charge in [0.15, 0.2) is 5.78 Å². The normalized spacial score (nSPS) is 22.5. The monoisotopic (exact) mass is 380 g/mol. The van der Waals surface area contributed by atoms with Gasteiger partial charge in [0.05, 0.1) is 12.7 Å². The molecule has 1 N–H and O–H groups in total. The molecule has 0 aromatic heterocycles. The Morgan fingerprint density at radius 1 is 1.07 bits per heavy atom. The van der Waals surface area contributed by atoms with Crippen LogP contribution in [0.1, 0.15) is 84.5 Å². The van der Waals surface area contributed by atoms with Crippen LogP contribution in [-0.4, -0.2) is 35.4 Å². The second kappa shape index (κ2) is 13.6. The van der Waals surface area contributed by atoms with Gasteiger partial charge in [-0.2, -0.15) is 0 Å². The molecular weight excluding hydrogens is 344 g/mol. The summed E-state index contributed by atoms with van der Waals surface area (Å²) in [6.07, 6.45) is 11.1. The van der Waals surface area contributed by atoms with Crippen LogP contribution in [0.25, 0.3) is 0 Å². The lowest BCUT2D eigenvalue weighted by Gasteiger charge is -2.17. The van der Waals surface area contributed by atoms with Crippen molar-refractivity contribution in [3.63, 3.8) is 0 Å². The average Bonchev–Trinajstić information content (AvgIpc) is 2.89. The molecule has 5 nitrogen and oxygen atoms in total. The number of carbonyl (C=O) groups is 3. The Morgan fingerprint density at radius 3 is 2.48 bits per heavy atom. The summed E-state index contributed by atoms with van der Waals surface area (Å²) in [4.78, 5) is 35.4. The van der Waals surface area contributed by atoms with E-state index in [4.69, 9.17) is 4.74 Å². The predicted molar refractivity (Wildman–Crippen MR) is 105 cm³/mol. The average molecular weight is 381 g/mol. The van der Waals surface area contributed by atoms with Crippen molar-refractivity contribution in [1.82, 2.24) is 0 Å². The van der Waals surface area contributed by atoms with Crippen LogP contribution in [-0.2, 0) is 19.1 Å². The van der Waals surface area contributed by atoms with Gasteiger partial charge in [-0.1, -0.05) is 45.1 Å². The smallest absolute Gasteiger partial charge is 0.305 e. The molecule has 0 aliphatic heterocycles. The van der Waals surface area contributed by atoms with Crippen molar-refractivity contribution in [1.29, 1.82) is 0 Å². The van der Waals surface area contributed by atoms with Crippen LogP contribution in [0.5, 0.6) is 0 Å². The molecule has 154 valence electrons. The Hall–Kier alpha value is -1.49. The zero-order valence-electron chi connectivity index (χ0n) is 17.0. The summed E-state index contributed by atoms with van der Waals surface area (Å²) >= 11 is 0. The van der Waals surface area contributed by atoms with Gasteiger partial charge in [-0.05, 0) is 32.3 Å². The largest absolute Gasteiger partial charge is 0.466 e. The second-order valence-electron chi connectivity index (χ2n) is 7.46. The Kier molecular flexibility index (Phi) is 11.9. The first-order valence-electron chi connectivity index (χ1n) is 10.6. The van der Waals surface area contributed by atoms with Crippen LogP contribution in [0, 0.1) is 11.8 Å². The number of hydrogen-bond acceptors (Lipinski definition) is 5. The third kappa shape index (κ3) is 9.32. The van der Waals surface area contributed by atoms with Crippen molar-refractivity contribution < 1.29 is 24.2 Å². The number of esters is 1. The maximum Gasteiger partial charge on any atom is 0.305 e. The fourth-order valence-corrected chi connectivity index (χ4v) is 3.66. The first-order chi connectivity index (χ1) is 13.0. The van der Waals surface area contributed by atoms with Crippen LogP contribution >= 0.6 is 0 Å². The van der Waals surface area contributed by atoms with Gasteiger partial charge in [0.1, 0.15) is 5.78 Å². The number of Topliss-reactive ketones (excluding diaryl/α,β-unsaturated/α-hetero) is 1. The minimum absolute atomic E-state index is 0.0766. The summed E-state index contributed by atoms with van der Waals surface area (Å²) in [5, 5.41) is 10.2. The molecule has 0 saturated heterocycles. The van der Waals surface area contributed by atoms with Crippen LogP contribution in [0.2, 0.25) is 0 Å². The molecule has 5 heteroatoms. The topological polar surface area (TPSA) is 80.7 Å². The van der Waals surface area contributed by atoms with E-state index in [1.807, 2.05) is 0 Å². The maximum atomic E-state index is 12.2. The van der Waals surface area contributed by atoms with Gasteiger partial charge < -0.3 is 9.84 Å². The molecule has 0 aromatic carbocycles. The molecule has 1 aliphatic carbocycles. The summed E-state index contributed by atoms with van der Waals surface area (Å²) in [7, 11) is 0. The number of rotatable bonds is 14. The molecule has 0 heterocycles. The zero-order chi connectivity index (χ0) is 20.1. The van der Waals surface area contributed by atoms with Crippen molar-refractivity contribution in [3.05, 3.63) is 12.2 Å². The Bertz CT molecular complexity index is 497. The fraction of sp³-hybridized carbons (Fsp3) is 0.773. The van der Waals surface area contributed by atoms with E-state index in [1.54, 1.807) is 19.1 Å². The third-order valence-corrected chi connectivity index (χ3v) is 5.22. The highest BCUT2D eigenvalue weighted by Crippen LogP contribution is 2.34. The van der Waals surface area contributed by atoms with Crippen LogP contribution in [0.4, 0.5) is 0 Å². The van der Waals surface area contributed by atoms with E-state index in [0.717, 1.165) is 51.4 Å². The first kappa shape index (κ1) is 23.5. The Balaban J connectivity index is 2.35. The van der Waals surface area contributed by atoms with Crippen LogP contribution in [0.3, 0.4) is 0 Å². The lowest BCUT2D eigenvalue weighted by Crippen LogP contribution is -2.19. The van der Waals surface area contributed by atoms with Crippen molar-refractivity contribution in [2.75, 3.05) is 6.61 Å². The van der Waals surface area contributed by atoms with Gasteiger partial charge >= 0.3 is 5.97 Å². The van der Waals surface area contributed by atoms with Crippen LogP contribution < -0.4 is 0 Å². The number of carbonyl (C=O) groups excluding carboxylic acids is 3. The number of aliphatic hydroxyl groups excluding tert-OH is 1. The first-order valence-corrected chi connectivity index (χ1v) is 10.6. The molecule has 1 fully saturated rings. The lowest BCUT2D eigenvalue weighted by molar-refractivity contribution is -0.143. The van der Waals surface area contributed by atoms with Gasteiger partial charge in [-0.3, -0.25) is 14.4 Å². The minimum Gasteiger partial charge on any atom is -0.466 e. The lowest BCUT2D eigenvalue weighted by atomic mass is 9.88. The molecule has 0 radical (unpaired) electrons. The Morgan fingerprint density at radius 2 is 1.78 bits per heavy atom. The van der Waals surface area contributed by atoms with E-state index >= 15 is 0 Å².